The number of anilines is 2. The Balaban J connectivity index is 1.55. The lowest BCUT2D eigenvalue weighted by molar-refractivity contribution is -0.387. The van der Waals surface area contributed by atoms with Gasteiger partial charge in [-0.05, 0) is 36.8 Å². The zero-order valence-corrected chi connectivity index (χ0v) is 17.1. The number of nitro groups is 1. The van der Waals surface area contributed by atoms with E-state index in [0.717, 1.165) is 29.5 Å². The van der Waals surface area contributed by atoms with Crippen molar-refractivity contribution in [2.45, 2.75) is 23.1 Å². The van der Waals surface area contributed by atoms with Gasteiger partial charge in [0.2, 0.25) is 16.9 Å². The predicted molar refractivity (Wildman–Crippen MR) is 111 cm³/mol. The molecule has 0 radical (unpaired) electrons. The van der Waals surface area contributed by atoms with E-state index in [9.17, 15) is 23.7 Å². The lowest BCUT2D eigenvalue weighted by Gasteiger charge is -2.10. The third kappa shape index (κ3) is 5.70. The number of carbonyl (C=O) groups is 1. The van der Waals surface area contributed by atoms with E-state index in [1.54, 1.807) is 19.1 Å². The maximum atomic E-state index is 13.4. The van der Waals surface area contributed by atoms with Crippen LogP contribution in [-0.2, 0) is 11.3 Å². The number of halogens is 2. The van der Waals surface area contributed by atoms with Gasteiger partial charge in [-0.15, -0.1) is 10.2 Å². The van der Waals surface area contributed by atoms with E-state index in [2.05, 4.69) is 20.8 Å². The van der Waals surface area contributed by atoms with Crippen LogP contribution in [0.2, 0.25) is 0 Å². The molecule has 2 aromatic carbocycles. The summed E-state index contributed by atoms with van der Waals surface area (Å²) in [6, 6.07) is 9.20. The van der Waals surface area contributed by atoms with E-state index in [-0.39, 0.29) is 11.5 Å². The molecule has 0 fully saturated rings. The lowest BCUT2D eigenvalue weighted by Crippen LogP contribution is -2.22. The molecule has 30 heavy (non-hydrogen) atoms. The predicted octanol–water partition coefficient (Wildman–Crippen LogP) is 4.46. The fourth-order valence-electron chi connectivity index (χ4n) is 2.29. The molecule has 3 aromatic rings. The second-order valence-corrected chi connectivity index (χ2v) is 8.59. The molecule has 2 N–H and O–H groups in total. The molecule has 1 heterocycles. The highest BCUT2D eigenvalue weighted by molar-refractivity contribution is 8.02. The highest BCUT2D eigenvalue weighted by Crippen LogP contribution is 2.30. The highest BCUT2D eigenvalue weighted by atomic mass is 32.2. The number of nitrogens with one attached hydrogen (secondary N) is 2. The summed E-state index contributed by atoms with van der Waals surface area (Å²) >= 11 is 2.42. The van der Waals surface area contributed by atoms with Gasteiger partial charge in [0.1, 0.15) is 5.82 Å². The molecule has 1 atom stereocenters. The number of rotatable bonds is 8. The maximum absolute atomic E-state index is 13.4. The minimum absolute atomic E-state index is 0.125. The minimum atomic E-state index is -0.977. The molecule has 0 aliphatic rings. The van der Waals surface area contributed by atoms with Crippen LogP contribution in [0.4, 0.5) is 25.3 Å². The first-order valence-corrected chi connectivity index (χ1v) is 10.2. The number of aromatic nitrogens is 2. The SMILES string of the molecule is CC(Sc1nnc(NCc2ccc(F)cc2)s1)C(=O)Nc1ccc(F)c([N+](=O)[O-])c1. The van der Waals surface area contributed by atoms with Gasteiger partial charge in [-0.2, -0.15) is 4.39 Å². The molecule has 12 heteroatoms. The molecule has 0 aliphatic heterocycles. The Labute approximate surface area is 177 Å². The normalized spacial score (nSPS) is 11.7. The van der Waals surface area contributed by atoms with Gasteiger partial charge in [0, 0.05) is 18.3 Å². The van der Waals surface area contributed by atoms with Crippen molar-refractivity contribution in [2.24, 2.45) is 0 Å². The van der Waals surface area contributed by atoms with Crippen LogP contribution in [-0.4, -0.2) is 26.3 Å². The largest absolute Gasteiger partial charge is 0.356 e. The Morgan fingerprint density at radius 3 is 2.67 bits per heavy atom. The maximum Gasteiger partial charge on any atom is 0.306 e. The van der Waals surface area contributed by atoms with Crippen LogP contribution in [0.15, 0.2) is 46.8 Å². The van der Waals surface area contributed by atoms with Gasteiger partial charge in [0.15, 0.2) is 4.34 Å². The number of nitrogens with zero attached hydrogens (tertiary/aromatic N) is 3. The van der Waals surface area contributed by atoms with Crippen molar-refractivity contribution >= 4 is 45.5 Å². The van der Waals surface area contributed by atoms with Crippen LogP contribution in [0.3, 0.4) is 0 Å². The first-order valence-electron chi connectivity index (χ1n) is 8.55. The molecule has 1 aromatic heterocycles. The van der Waals surface area contributed by atoms with E-state index in [0.29, 0.717) is 16.0 Å². The fourth-order valence-corrected chi connectivity index (χ4v) is 4.18. The van der Waals surface area contributed by atoms with Crippen LogP contribution in [0.1, 0.15) is 12.5 Å². The molecule has 156 valence electrons. The van der Waals surface area contributed by atoms with Gasteiger partial charge in [0.25, 0.3) is 0 Å². The molecule has 8 nitrogen and oxygen atoms in total. The molecule has 0 saturated heterocycles. The number of nitro benzene ring substituents is 1. The Hall–Kier alpha value is -3.12. The standard InChI is InChI=1S/C18H15F2N5O3S2/c1-10(16(26)22-13-6-7-14(20)15(8-13)25(27)28)29-18-24-23-17(30-18)21-9-11-2-4-12(19)5-3-11/h2-8,10H,9H2,1H3,(H,21,23)(H,22,26). The third-order valence-corrected chi connectivity index (χ3v) is 5.89. The Kier molecular flexibility index (Phi) is 6.90. The zero-order valence-electron chi connectivity index (χ0n) is 15.5. The van der Waals surface area contributed by atoms with Crippen LogP contribution in [0.5, 0.6) is 0 Å². The van der Waals surface area contributed by atoms with Crippen molar-refractivity contribution in [2.75, 3.05) is 10.6 Å². The summed E-state index contributed by atoms with van der Waals surface area (Å²) in [6.07, 6.45) is 0. The van der Waals surface area contributed by atoms with Crippen molar-refractivity contribution in [3.8, 4) is 0 Å². The van der Waals surface area contributed by atoms with Gasteiger partial charge in [-0.3, -0.25) is 14.9 Å². The Morgan fingerprint density at radius 1 is 1.23 bits per heavy atom. The molecule has 0 spiro atoms. The highest BCUT2D eigenvalue weighted by Gasteiger charge is 2.20. The summed E-state index contributed by atoms with van der Waals surface area (Å²) in [7, 11) is 0. The van der Waals surface area contributed by atoms with Crippen molar-refractivity contribution in [1.29, 1.82) is 0 Å². The quantitative estimate of drug-likeness (QED) is 0.296. The van der Waals surface area contributed by atoms with E-state index < -0.39 is 27.6 Å². The Bertz CT molecular complexity index is 1060. The van der Waals surface area contributed by atoms with Crippen LogP contribution in [0.25, 0.3) is 0 Å². The molecular weight excluding hydrogens is 436 g/mol. The first kappa shape index (κ1) is 21.6. The van der Waals surface area contributed by atoms with Gasteiger partial charge < -0.3 is 10.6 Å². The lowest BCUT2D eigenvalue weighted by atomic mass is 10.2. The van der Waals surface area contributed by atoms with Crippen molar-refractivity contribution in [3.63, 3.8) is 0 Å². The van der Waals surface area contributed by atoms with Crippen molar-refractivity contribution in [3.05, 3.63) is 69.8 Å². The molecule has 1 unspecified atom stereocenters. The minimum Gasteiger partial charge on any atom is -0.356 e. The summed E-state index contributed by atoms with van der Waals surface area (Å²) in [5.41, 5.74) is 0.288. The molecule has 0 saturated carbocycles. The van der Waals surface area contributed by atoms with Gasteiger partial charge in [-0.1, -0.05) is 35.2 Å². The number of carbonyl (C=O) groups excluding carboxylic acids is 1. The van der Waals surface area contributed by atoms with Crippen molar-refractivity contribution < 1.29 is 18.5 Å². The Morgan fingerprint density at radius 2 is 1.97 bits per heavy atom. The summed E-state index contributed by atoms with van der Waals surface area (Å²) in [6.45, 7) is 2.09. The van der Waals surface area contributed by atoms with E-state index in [1.165, 1.54) is 29.5 Å². The molecule has 1 amide bonds. The molecule has 0 bridgehead atoms. The molecule has 3 rings (SSSR count). The second kappa shape index (κ2) is 9.59. The fraction of sp³-hybridized carbons (Fsp3) is 0.167. The van der Waals surface area contributed by atoms with Gasteiger partial charge in [0.05, 0.1) is 10.2 Å². The van der Waals surface area contributed by atoms with Gasteiger partial charge >= 0.3 is 5.69 Å². The summed E-state index contributed by atoms with van der Waals surface area (Å²) in [5, 5.41) is 24.4. The number of hydrogen-bond acceptors (Lipinski definition) is 8. The second-order valence-electron chi connectivity index (χ2n) is 6.03. The molecular formula is C18H15F2N5O3S2. The number of thioether (sulfide) groups is 1. The molecule has 0 aliphatic carbocycles. The van der Waals surface area contributed by atoms with E-state index in [4.69, 9.17) is 0 Å². The summed E-state index contributed by atoms with van der Waals surface area (Å²) in [5.74, 6) is -1.71. The van der Waals surface area contributed by atoms with Crippen molar-refractivity contribution in [1.82, 2.24) is 10.2 Å². The van der Waals surface area contributed by atoms with E-state index in [1.807, 2.05) is 0 Å². The number of hydrogen-bond donors (Lipinski definition) is 2. The summed E-state index contributed by atoms with van der Waals surface area (Å²) < 4.78 is 26.9. The first-order chi connectivity index (χ1) is 14.3. The third-order valence-electron chi connectivity index (χ3n) is 3.82. The number of benzene rings is 2. The smallest absolute Gasteiger partial charge is 0.306 e. The van der Waals surface area contributed by atoms with Crippen LogP contribution < -0.4 is 10.6 Å². The number of amides is 1. The van der Waals surface area contributed by atoms with Crippen LogP contribution >= 0.6 is 23.1 Å². The van der Waals surface area contributed by atoms with Crippen LogP contribution in [0, 0.1) is 21.7 Å². The monoisotopic (exact) mass is 451 g/mol. The average Bonchev–Trinajstić information content (AvgIpc) is 3.16. The van der Waals surface area contributed by atoms with E-state index >= 15 is 0 Å². The van der Waals surface area contributed by atoms with Gasteiger partial charge in [-0.25, -0.2) is 4.39 Å². The topological polar surface area (TPSA) is 110 Å². The zero-order chi connectivity index (χ0) is 21.7. The average molecular weight is 451 g/mol. The summed E-state index contributed by atoms with van der Waals surface area (Å²) in [4.78, 5) is 22.3.